The zero-order chi connectivity index (χ0) is 9.26. The lowest BCUT2D eigenvalue weighted by Crippen LogP contribution is -2.11. The van der Waals surface area contributed by atoms with Crippen molar-refractivity contribution in [2.45, 2.75) is 6.10 Å². The number of aromatic nitrogens is 3. The highest BCUT2D eigenvalue weighted by Crippen LogP contribution is 2.15. The monoisotopic (exact) mass is 178 g/mol. The third kappa shape index (κ3) is 1.28. The minimum absolute atomic E-state index is 0.178. The zero-order valence-corrected chi connectivity index (χ0v) is 6.96. The van der Waals surface area contributed by atoms with Gasteiger partial charge in [0.2, 0.25) is 0 Å². The Kier molecular flexibility index (Phi) is 1.96. The molecule has 0 fully saturated rings. The highest BCUT2D eigenvalue weighted by atomic mass is 16.3. The van der Waals surface area contributed by atoms with Gasteiger partial charge in [-0.15, -0.1) is 0 Å². The molecule has 0 saturated heterocycles. The number of aliphatic hydroxyl groups excluding tert-OH is 1. The van der Waals surface area contributed by atoms with Crippen molar-refractivity contribution in [3.05, 3.63) is 30.2 Å². The molecule has 68 valence electrons. The Morgan fingerprint density at radius 3 is 3.23 bits per heavy atom. The largest absolute Gasteiger partial charge is 0.387 e. The number of fused-ring (bicyclic) bond motifs is 1. The molecule has 2 heterocycles. The van der Waals surface area contributed by atoms with Crippen LogP contribution in [0.25, 0.3) is 5.65 Å². The molecule has 0 aliphatic carbocycles. The summed E-state index contributed by atoms with van der Waals surface area (Å²) in [6, 6.07) is 1.78. The molecule has 1 atom stereocenters. The summed E-state index contributed by atoms with van der Waals surface area (Å²) in [5, 5.41) is 13.5. The van der Waals surface area contributed by atoms with Gasteiger partial charge in [0, 0.05) is 24.5 Å². The van der Waals surface area contributed by atoms with E-state index >= 15 is 0 Å². The van der Waals surface area contributed by atoms with Crippen LogP contribution in [0.15, 0.2) is 24.7 Å². The lowest BCUT2D eigenvalue weighted by Gasteiger charge is -2.03. The van der Waals surface area contributed by atoms with Crippen molar-refractivity contribution in [3.8, 4) is 0 Å². The van der Waals surface area contributed by atoms with E-state index in [1.807, 2.05) is 0 Å². The van der Waals surface area contributed by atoms with Crippen molar-refractivity contribution in [3.63, 3.8) is 0 Å². The molecule has 0 amide bonds. The molecule has 0 spiro atoms. The van der Waals surface area contributed by atoms with Gasteiger partial charge in [0.1, 0.15) is 0 Å². The molecule has 5 nitrogen and oxygen atoms in total. The van der Waals surface area contributed by atoms with Crippen LogP contribution in [-0.2, 0) is 0 Å². The molecule has 13 heavy (non-hydrogen) atoms. The number of nitrogens with zero attached hydrogens (tertiary/aromatic N) is 3. The highest BCUT2D eigenvalue weighted by Gasteiger charge is 2.11. The van der Waals surface area contributed by atoms with Crippen LogP contribution in [0.5, 0.6) is 0 Å². The third-order valence-corrected chi connectivity index (χ3v) is 1.89. The number of aliphatic hydroxyl groups is 1. The Hall–Kier alpha value is -1.46. The van der Waals surface area contributed by atoms with Crippen molar-refractivity contribution >= 4 is 5.65 Å². The Balaban J connectivity index is 2.57. The molecular weight excluding hydrogens is 168 g/mol. The van der Waals surface area contributed by atoms with Crippen molar-refractivity contribution in [2.24, 2.45) is 5.73 Å². The van der Waals surface area contributed by atoms with Gasteiger partial charge in [-0.1, -0.05) is 0 Å². The first-order chi connectivity index (χ1) is 6.33. The first kappa shape index (κ1) is 8.15. The standard InChI is InChI=1S/C8H10N4O/c9-4-7(13)6-5-11-12-3-1-2-10-8(6)12/h1-3,5,7,13H,4,9H2. The van der Waals surface area contributed by atoms with Crippen molar-refractivity contribution in [2.75, 3.05) is 6.54 Å². The summed E-state index contributed by atoms with van der Waals surface area (Å²) in [4.78, 5) is 4.10. The average Bonchev–Trinajstić information content (AvgIpc) is 2.60. The average molecular weight is 178 g/mol. The van der Waals surface area contributed by atoms with Gasteiger partial charge in [-0.3, -0.25) is 0 Å². The maximum Gasteiger partial charge on any atom is 0.160 e. The lowest BCUT2D eigenvalue weighted by atomic mass is 10.2. The predicted octanol–water partition coefficient (Wildman–Crippen LogP) is -0.279. The fourth-order valence-electron chi connectivity index (χ4n) is 1.21. The SMILES string of the molecule is NCC(O)c1cnn2cccnc12. The van der Waals surface area contributed by atoms with Gasteiger partial charge in [0.15, 0.2) is 5.65 Å². The summed E-state index contributed by atoms with van der Waals surface area (Å²) >= 11 is 0. The molecule has 0 aliphatic rings. The molecule has 0 radical (unpaired) electrons. The summed E-state index contributed by atoms with van der Waals surface area (Å²) in [5.41, 5.74) is 6.66. The minimum Gasteiger partial charge on any atom is -0.387 e. The molecule has 3 N–H and O–H groups in total. The quantitative estimate of drug-likeness (QED) is 0.663. The minimum atomic E-state index is -0.688. The van der Waals surface area contributed by atoms with Crippen LogP contribution < -0.4 is 5.73 Å². The summed E-state index contributed by atoms with van der Waals surface area (Å²) in [6.07, 6.45) is 4.32. The summed E-state index contributed by atoms with van der Waals surface area (Å²) < 4.78 is 1.61. The molecule has 0 aliphatic heterocycles. The van der Waals surface area contributed by atoms with Crippen molar-refractivity contribution < 1.29 is 5.11 Å². The van der Waals surface area contributed by atoms with E-state index in [1.165, 1.54) is 0 Å². The summed E-state index contributed by atoms with van der Waals surface area (Å²) in [5.74, 6) is 0. The van der Waals surface area contributed by atoms with E-state index in [0.29, 0.717) is 11.2 Å². The van der Waals surface area contributed by atoms with Crippen molar-refractivity contribution in [1.29, 1.82) is 0 Å². The van der Waals surface area contributed by atoms with Gasteiger partial charge in [0.25, 0.3) is 0 Å². The van der Waals surface area contributed by atoms with Crippen LogP contribution in [0.4, 0.5) is 0 Å². The zero-order valence-electron chi connectivity index (χ0n) is 6.96. The van der Waals surface area contributed by atoms with E-state index in [-0.39, 0.29) is 6.54 Å². The Labute approximate surface area is 74.8 Å². The van der Waals surface area contributed by atoms with Crippen LogP contribution in [0.1, 0.15) is 11.7 Å². The Bertz CT molecular complexity index is 411. The summed E-state index contributed by atoms with van der Waals surface area (Å²) in [7, 11) is 0. The van der Waals surface area contributed by atoms with Crippen LogP contribution in [0, 0.1) is 0 Å². The van der Waals surface area contributed by atoms with Crippen LogP contribution in [0.3, 0.4) is 0 Å². The second-order valence-electron chi connectivity index (χ2n) is 2.74. The molecule has 2 aromatic heterocycles. The molecule has 0 bridgehead atoms. The van der Waals surface area contributed by atoms with Crippen molar-refractivity contribution in [1.82, 2.24) is 14.6 Å². The normalized spacial score (nSPS) is 13.4. The van der Waals surface area contributed by atoms with Crippen LogP contribution in [-0.4, -0.2) is 26.2 Å². The Morgan fingerprint density at radius 2 is 2.46 bits per heavy atom. The molecule has 0 saturated carbocycles. The van der Waals surface area contributed by atoms with E-state index in [9.17, 15) is 5.11 Å². The fraction of sp³-hybridized carbons (Fsp3) is 0.250. The Morgan fingerprint density at radius 1 is 1.62 bits per heavy atom. The smallest absolute Gasteiger partial charge is 0.160 e. The van der Waals surface area contributed by atoms with Gasteiger partial charge < -0.3 is 10.8 Å². The maximum atomic E-state index is 9.50. The number of rotatable bonds is 2. The molecule has 5 heteroatoms. The molecule has 1 unspecified atom stereocenters. The van der Waals surface area contributed by atoms with Crippen LogP contribution >= 0.6 is 0 Å². The molecule has 0 aromatic carbocycles. The first-order valence-electron chi connectivity index (χ1n) is 3.99. The number of hydrogen-bond donors (Lipinski definition) is 2. The van der Waals surface area contributed by atoms with E-state index < -0.39 is 6.10 Å². The molecular formula is C8H10N4O. The van der Waals surface area contributed by atoms with E-state index in [0.717, 1.165) is 0 Å². The first-order valence-corrected chi connectivity index (χ1v) is 3.99. The fourth-order valence-corrected chi connectivity index (χ4v) is 1.21. The third-order valence-electron chi connectivity index (χ3n) is 1.89. The molecule has 2 rings (SSSR count). The van der Waals surface area contributed by atoms with E-state index in [1.54, 1.807) is 29.2 Å². The highest BCUT2D eigenvalue weighted by molar-refractivity contribution is 5.46. The predicted molar refractivity (Wildman–Crippen MR) is 47.0 cm³/mol. The van der Waals surface area contributed by atoms with E-state index in [4.69, 9.17) is 5.73 Å². The summed E-state index contributed by atoms with van der Waals surface area (Å²) in [6.45, 7) is 0.178. The molecule has 2 aromatic rings. The van der Waals surface area contributed by atoms with E-state index in [2.05, 4.69) is 10.1 Å². The number of nitrogens with two attached hydrogens (primary N) is 1. The van der Waals surface area contributed by atoms with Gasteiger partial charge in [0.05, 0.1) is 12.3 Å². The lowest BCUT2D eigenvalue weighted by molar-refractivity contribution is 0.188. The van der Waals surface area contributed by atoms with Gasteiger partial charge >= 0.3 is 0 Å². The van der Waals surface area contributed by atoms with Gasteiger partial charge in [-0.05, 0) is 6.07 Å². The van der Waals surface area contributed by atoms with Gasteiger partial charge in [-0.25, -0.2) is 9.50 Å². The topological polar surface area (TPSA) is 76.4 Å². The second-order valence-corrected chi connectivity index (χ2v) is 2.74. The van der Waals surface area contributed by atoms with Crippen LogP contribution in [0.2, 0.25) is 0 Å². The number of hydrogen-bond acceptors (Lipinski definition) is 4. The second kappa shape index (κ2) is 3.12. The maximum absolute atomic E-state index is 9.50. The van der Waals surface area contributed by atoms with Gasteiger partial charge in [-0.2, -0.15) is 5.10 Å².